The zero-order valence-corrected chi connectivity index (χ0v) is 12.1. The maximum absolute atomic E-state index is 11.7. The zero-order chi connectivity index (χ0) is 12.8. The van der Waals surface area contributed by atoms with E-state index in [9.17, 15) is 4.79 Å². The SMILES string of the molecule is CCC(C)N(C)CCNC(=O)c1ccoc1Br. The van der Waals surface area contributed by atoms with Crippen molar-refractivity contribution in [3.8, 4) is 0 Å². The van der Waals surface area contributed by atoms with Crippen LogP contribution < -0.4 is 5.32 Å². The van der Waals surface area contributed by atoms with E-state index in [1.54, 1.807) is 6.07 Å². The molecule has 0 radical (unpaired) electrons. The number of likely N-dealkylation sites (N-methyl/N-ethyl adjacent to an activating group) is 1. The van der Waals surface area contributed by atoms with E-state index in [0.29, 0.717) is 22.8 Å². The Hall–Kier alpha value is -0.810. The third kappa shape index (κ3) is 4.16. The van der Waals surface area contributed by atoms with Crippen molar-refractivity contribution >= 4 is 21.8 Å². The Morgan fingerprint density at radius 3 is 2.88 bits per heavy atom. The molecule has 1 amide bonds. The van der Waals surface area contributed by atoms with Gasteiger partial charge in [0.15, 0.2) is 4.67 Å². The largest absolute Gasteiger partial charge is 0.457 e. The molecule has 1 heterocycles. The highest BCUT2D eigenvalue weighted by Crippen LogP contribution is 2.16. The van der Waals surface area contributed by atoms with Crippen LogP contribution in [0.5, 0.6) is 0 Å². The molecule has 5 heteroatoms. The topological polar surface area (TPSA) is 45.5 Å². The number of hydrogen-bond donors (Lipinski definition) is 1. The molecule has 0 fully saturated rings. The van der Waals surface area contributed by atoms with Gasteiger partial charge in [0.05, 0.1) is 11.8 Å². The number of furan rings is 1. The van der Waals surface area contributed by atoms with Gasteiger partial charge in [0.1, 0.15) is 0 Å². The first-order valence-corrected chi connectivity index (χ1v) is 6.57. The molecule has 0 saturated heterocycles. The first-order valence-electron chi connectivity index (χ1n) is 5.77. The van der Waals surface area contributed by atoms with Gasteiger partial charge in [-0.3, -0.25) is 4.79 Å². The van der Waals surface area contributed by atoms with Crippen LogP contribution in [0.15, 0.2) is 21.4 Å². The third-order valence-electron chi connectivity index (χ3n) is 2.96. The first kappa shape index (κ1) is 14.3. The number of amides is 1. The number of carbonyl (C=O) groups is 1. The number of halogens is 1. The van der Waals surface area contributed by atoms with E-state index in [-0.39, 0.29) is 5.91 Å². The minimum Gasteiger partial charge on any atom is -0.457 e. The van der Waals surface area contributed by atoms with Crippen molar-refractivity contribution in [2.75, 3.05) is 20.1 Å². The van der Waals surface area contributed by atoms with Crippen molar-refractivity contribution in [3.05, 3.63) is 22.6 Å². The highest BCUT2D eigenvalue weighted by Gasteiger charge is 2.12. The number of nitrogens with zero attached hydrogens (tertiary/aromatic N) is 1. The summed E-state index contributed by atoms with van der Waals surface area (Å²) in [5.74, 6) is -0.108. The molecule has 0 aliphatic rings. The van der Waals surface area contributed by atoms with Crippen molar-refractivity contribution in [2.45, 2.75) is 26.3 Å². The van der Waals surface area contributed by atoms with E-state index < -0.39 is 0 Å². The summed E-state index contributed by atoms with van der Waals surface area (Å²) in [6, 6.07) is 2.19. The normalized spacial score (nSPS) is 12.8. The van der Waals surface area contributed by atoms with Crippen molar-refractivity contribution in [3.63, 3.8) is 0 Å². The fourth-order valence-corrected chi connectivity index (χ4v) is 1.85. The lowest BCUT2D eigenvalue weighted by Crippen LogP contribution is -2.37. The van der Waals surface area contributed by atoms with Gasteiger partial charge in [-0.05, 0) is 42.4 Å². The summed E-state index contributed by atoms with van der Waals surface area (Å²) >= 11 is 3.18. The van der Waals surface area contributed by atoms with Crippen LogP contribution in [0.1, 0.15) is 30.6 Å². The lowest BCUT2D eigenvalue weighted by Gasteiger charge is -2.23. The summed E-state index contributed by atoms with van der Waals surface area (Å²) in [5.41, 5.74) is 0.538. The van der Waals surface area contributed by atoms with Crippen LogP contribution >= 0.6 is 15.9 Å². The van der Waals surface area contributed by atoms with Crippen LogP contribution in [0.25, 0.3) is 0 Å². The van der Waals surface area contributed by atoms with E-state index in [2.05, 4.69) is 47.0 Å². The van der Waals surface area contributed by atoms with Crippen LogP contribution in [0, 0.1) is 0 Å². The molecule has 1 rings (SSSR count). The maximum atomic E-state index is 11.7. The van der Waals surface area contributed by atoms with Gasteiger partial charge in [0, 0.05) is 19.1 Å². The molecule has 1 atom stereocenters. The minimum absolute atomic E-state index is 0.108. The molecule has 0 bridgehead atoms. The first-order chi connectivity index (χ1) is 8.06. The van der Waals surface area contributed by atoms with Crippen molar-refractivity contribution < 1.29 is 9.21 Å². The molecule has 1 unspecified atom stereocenters. The summed E-state index contributed by atoms with van der Waals surface area (Å²) < 4.78 is 5.49. The molecule has 0 saturated carbocycles. The third-order valence-corrected chi connectivity index (χ3v) is 3.57. The lowest BCUT2D eigenvalue weighted by molar-refractivity contribution is 0.0945. The predicted octanol–water partition coefficient (Wildman–Crippen LogP) is 2.50. The average molecular weight is 303 g/mol. The van der Waals surface area contributed by atoms with Gasteiger partial charge >= 0.3 is 0 Å². The van der Waals surface area contributed by atoms with Gasteiger partial charge in [-0.1, -0.05) is 6.92 Å². The van der Waals surface area contributed by atoms with Crippen LogP contribution in [-0.2, 0) is 0 Å². The highest BCUT2D eigenvalue weighted by molar-refractivity contribution is 9.10. The summed E-state index contributed by atoms with van der Waals surface area (Å²) in [6.07, 6.45) is 2.60. The molecule has 0 spiro atoms. The molecular weight excluding hydrogens is 284 g/mol. The van der Waals surface area contributed by atoms with Gasteiger partial charge in [-0.25, -0.2) is 0 Å². The van der Waals surface area contributed by atoms with Crippen molar-refractivity contribution in [1.82, 2.24) is 10.2 Å². The zero-order valence-electron chi connectivity index (χ0n) is 10.5. The summed E-state index contributed by atoms with van der Waals surface area (Å²) in [7, 11) is 2.06. The van der Waals surface area contributed by atoms with Crippen molar-refractivity contribution in [1.29, 1.82) is 0 Å². The second-order valence-electron chi connectivity index (χ2n) is 4.10. The van der Waals surface area contributed by atoms with E-state index in [0.717, 1.165) is 13.0 Å². The maximum Gasteiger partial charge on any atom is 0.255 e. The molecule has 1 aromatic heterocycles. The molecule has 0 aliphatic heterocycles. The molecule has 4 nitrogen and oxygen atoms in total. The molecule has 96 valence electrons. The predicted molar refractivity (Wildman–Crippen MR) is 71.1 cm³/mol. The highest BCUT2D eigenvalue weighted by atomic mass is 79.9. The van der Waals surface area contributed by atoms with Crippen LogP contribution in [-0.4, -0.2) is 37.0 Å². The van der Waals surface area contributed by atoms with Gasteiger partial charge in [0.2, 0.25) is 0 Å². The monoisotopic (exact) mass is 302 g/mol. The van der Waals surface area contributed by atoms with E-state index in [1.807, 2.05) is 0 Å². The lowest BCUT2D eigenvalue weighted by atomic mass is 10.2. The standard InChI is InChI=1S/C12H19BrN2O2/c1-4-9(2)15(3)7-6-14-12(16)10-5-8-17-11(10)13/h5,8-9H,4,6-7H2,1-3H3,(H,14,16). The average Bonchev–Trinajstić information content (AvgIpc) is 2.74. The Morgan fingerprint density at radius 2 is 2.35 bits per heavy atom. The van der Waals surface area contributed by atoms with E-state index >= 15 is 0 Å². The number of rotatable bonds is 6. The molecule has 1 aromatic rings. The molecule has 0 aromatic carbocycles. The smallest absolute Gasteiger partial charge is 0.255 e. The van der Waals surface area contributed by atoms with Crippen LogP contribution in [0.4, 0.5) is 0 Å². The summed E-state index contributed by atoms with van der Waals surface area (Å²) in [5, 5.41) is 2.87. The van der Waals surface area contributed by atoms with Crippen LogP contribution in [0.2, 0.25) is 0 Å². The molecular formula is C12H19BrN2O2. The number of nitrogens with one attached hydrogen (secondary N) is 1. The Balaban J connectivity index is 2.32. The molecule has 1 N–H and O–H groups in total. The fraction of sp³-hybridized carbons (Fsp3) is 0.583. The van der Waals surface area contributed by atoms with Gasteiger partial charge in [-0.2, -0.15) is 0 Å². The van der Waals surface area contributed by atoms with Crippen LogP contribution in [0.3, 0.4) is 0 Å². The second kappa shape index (κ2) is 6.81. The Kier molecular flexibility index (Phi) is 5.71. The number of carbonyl (C=O) groups excluding carboxylic acids is 1. The second-order valence-corrected chi connectivity index (χ2v) is 4.82. The molecule has 17 heavy (non-hydrogen) atoms. The Labute approximate surface area is 110 Å². The minimum atomic E-state index is -0.108. The Bertz CT molecular complexity index is 365. The van der Waals surface area contributed by atoms with Crippen molar-refractivity contribution in [2.24, 2.45) is 0 Å². The van der Waals surface area contributed by atoms with Gasteiger partial charge in [0.25, 0.3) is 5.91 Å². The number of hydrogen-bond acceptors (Lipinski definition) is 3. The summed E-state index contributed by atoms with van der Waals surface area (Å²) in [6.45, 7) is 5.81. The van der Waals surface area contributed by atoms with E-state index in [4.69, 9.17) is 4.42 Å². The molecule has 0 aliphatic carbocycles. The van der Waals surface area contributed by atoms with E-state index in [1.165, 1.54) is 6.26 Å². The van der Waals surface area contributed by atoms with Gasteiger partial charge in [-0.15, -0.1) is 0 Å². The van der Waals surface area contributed by atoms with Gasteiger partial charge < -0.3 is 14.6 Å². The quantitative estimate of drug-likeness (QED) is 0.878. The fourth-order valence-electron chi connectivity index (χ4n) is 1.43. The summed E-state index contributed by atoms with van der Waals surface area (Å²) in [4.78, 5) is 14.0. The Morgan fingerprint density at radius 1 is 1.65 bits per heavy atom.